The zero-order chi connectivity index (χ0) is 23.0. The Morgan fingerprint density at radius 1 is 0.786 bits per heavy atom. The van der Waals surface area contributed by atoms with Gasteiger partial charge >= 0.3 is 41.8 Å². The highest BCUT2D eigenvalue weighted by Gasteiger charge is 2.90. The molecule has 0 radical (unpaired) electrons. The topological polar surface area (TPSA) is 72.5 Å². The number of hydrogen-bond donors (Lipinski definition) is 2. The number of halogens is 13. The van der Waals surface area contributed by atoms with Gasteiger partial charge in [0.1, 0.15) is 6.04 Å². The van der Waals surface area contributed by atoms with Gasteiger partial charge in [0, 0.05) is 0 Å². The van der Waals surface area contributed by atoms with E-state index in [0.29, 0.717) is 0 Å². The van der Waals surface area contributed by atoms with Gasteiger partial charge in [0.2, 0.25) is 0 Å². The van der Waals surface area contributed by atoms with E-state index in [0.717, 1.165) is 0 Å². The lowest BCUT2D eigenvalue weighted by Gasteiger charge is -2.39. The SMILES string of the molecule is N[C@H](CO)C(=O)OCCC(F)(F)C(F)(F)C(F)(F)C(F)(F)C(F)(F)C(F)(F)F. The zero-order valence-electron chi connectivity index (χ0n) is 13.0. The van der Waals surface area contributed by atoms with Crippen LogP contribution in [0.2, 0.25) is 0 Å². The molecule has 0 amide bonds. The van der Waals surface area contributed by atoms with Gasteiger partial charge in [0.15, 0.2) is 0 Å². The van der Waals surface area contributed by atoms with Crippen molar-refractivity contribution in [1.29, 1.82) is 0 Å². The monoisotopic (exact) mass is 451 g/mol. The molecule has 168 valence electrons. The maximum absolute atomic E-state index is 13.3. The number of esters is 1. The maximum atomic E-state index is 13.3. The molecule has 0 aromatic heterocycles. The number of aliphatic hydroxyl groups excluding tert-OH is 1. The summed E-state index contributed by atoms with van der Waals surface area (Å²) in [6.45, 7) is -3.05. The third kappa shape index (κ3) is 4.23. The van der Waals surface area contributed by atoms with Crippen molar-refractivity contribution in [2.45, 2.75) is 48.3 Å². The molecule has 0 rings (SSSR count). The van der Waals surface area contributed by atoms with E-state index in [2.05, 4.69) is 4.74 Å². The van der Waals surface area contributed by atoms with Crippen LogP contribution in [0.5, 0.6) is 0 Å². The zero-order valence-corrected chi connectivity index (χ0v) is 13.0. The molecule has 3 N–H and O–H groups in total. The summed E-state index contributed by atoms with van der Waals surface area (Å²) in [5, 5.41) is 8.39. The lowest BCUT2D eigenvalue weighted by molar-refractivity contribution is -0.440. The van der Waals surface area contributed by atoms with Gasteiger partial charge in [-0.25, -0.2) is 0 Å². The van der Waals surface area contributed by atoms with Gasteiger partial charge in [-0.05, 0) is 0 Å². The molecule has 0 aromatic rings. The minimum absolute atomic E-state index is 1.14. The average molecular weight is 451 g/mol. The molecule has 0 unspecified atom stereocenters. The van der Waals surface area contributed by atoms with Crippen molar-refractivity contribution in [3.8, 4) is 0 Å². The van der Waals surface area contributed by atoms with E-state index in [1.807, 2.05) is 0 Å². The predicted octanol–water partition coefficient (Wildman–Crippen LogP) is 2.98. The molecule has 0 spiro atoms. The van der Waals surface area contributed by atoms with E-state index in [1.165, 1.54) is 0 Å². The van der Waals surface area contributed by atoms with Crippen molar-refractivity contribution in [2.24, 2.45) is 5.73 Å². The Balaban J connectivity index is 5.71. The van der Waals surface area contributed by atoms with E-state index in [-0.39, 0.29) is 0 Å². The highest BCUT2D eigenvalue weighted by molar-refractivity contribution is 5.75. The largest absolute Gasteiger partial charge is 0.464 e. The summed E-state index contributed by atoms with van der Waals surface area (Å²) < 4.78 is 170. The Morgan fingerprint density at radius 2 is 1.18 bits per heavy atom. The minimum Gasteiger partial charge on any atom is -0.464 e. The van der Waals surface area contributed by atoms with E-state index in [1.54, 1.807) is 0 Å². The van der Waals surface area contributed by atoms with E-state index in [4.69, 9.17) is 10.8 Å². The number of nitrogens with two attached hydrogens (primary N) is 1. The molecule has 0 heterocycles. The van der Waals surface area contributed by atoms with Gasteiger partial charge in [-0.2, -0.15) is 57.1 Å². The molecule has 0 aliphatic carbocycles. The summed E-state index contributed by atoms with van der Waals surface area (Å²) in [6.07, 6.45) is -10.2. The van der Waals surface area contributed by atoms with Crippen molar-refractivity contribution in [3.63, 3.8) is 0 Å². The molecule has 0 aliphatic heterocycles. The van der Waals surface area contributed by atoms with Crippen molar-refractivity contribution < 1.29 is 71.7 Å². The maximum Gasteiger partial charge on any atom is 0.460 e. The van der Waals surface area contributed by atoms with E-state index < -0.39 is 67.4 Å². The van der Waals surface area contributed by atoms with Crippen LogP contribution in [0.1, 0.15) is 6.42 Å². The average Bonchev–Trinajstić information content (AvgIpc) is 2.51. The van der Waals surface area contributed by atoms with Gasteiger partial charge in [-0.1, -0.05) is 0 Å². The molecule has 0 bridgehead atoms. The second-order valence-electron chi connectivity index (χ2n) is 5.21. The van der Waals surface area contributed by atoms with Crippen molar-refractivity contribution in [3.05, 3.63) is 0 Å². The van der Waals surface area contributed by atoms with Gasteiger partial charge in [0.25, 0.3) is 0 Å². The Morgan fingerprint density at radius 3 is 1.54 bits per heavy atom. The van der Waals surface area contributed by atoms with Gasteiger partial charge < -0.3 is 15.6 Å². The minimum atomic E-state index is -7.99. The van der Waals surface area contributed by atoms with E-state index >= 15 is 0 Å². The smallest absolute Gasteiger partial charge is 0.460 e. The molecule has 17 heteroatoms. The summed E-state index contributed by atoms with van der Waals surface area (Å²) in [7, 11) is 0. The lowest BCUT2D eigenvalue weighted by Crippen LogP contribution is -2.70. The van der Waals surface area contributed by atoms with Crippen LogP contribution in [0.4, 0.5) is 57.1 Å². The molecule has 0 fully saturated rings. The van der Waals surface area contributed by atoms with Gasteiger partial charge in [-0.3, -0.25) is 4.79 Å². The van der Waals surface area contributed by atoms with Crippen LogP contribution >= 0.6 is 0 Å². The fourth-order valence-corrected chi connectivity index (χ4v) is 1.42. The Bertz CT molecular complexity index is 560. The molecular weight excluding hydrogens is 441 g/mol. The first-order valence-corrected chi connectivity index (χ1v) is 6.60. The van der Waals surface area contributed by atoms with Crippen LogP contribution in [-0.2, 0) is 9.53 Å². The Kier molecular flexibility index (Phi) is 7.30. The Hall–Kier alpha value is -1.52. The fraction of sp³-hybridized carbons (Fsp3) is 0.909. The molecule has 0 aromatic carbocycles. The quantitative estimate of drug-likeness (QED) is 0.418. The van der Waals surface area contributed by atoms with Crippen LogP contribution < -0.4 is 5.73 Å². The molecule has 4 nitrogen and oxygen atoms in total. The van der Waals surface area contributed by atoms with Crippen molar-refractivity contribution in [1.82, 2.24) is 0 Å². The first-order valence-electron chi connectivity index (χ1n) is 6.60. The van der Waals surface area contributed by atoms with E-state index in [9.17, 15) is 61.9 Å². The van der Waals surface area contributed by atoms with Crippen LogP contribution in [0.3, 0.4) is 0 Å². The predicted molar refractivity (Wildman–Crippen MR) is 61.4 cm³/mol. The highest BCUT2D eigenvalue weighted by Crippen LogP contribution is 2.60. The second-order valence-corrected chi connectivity index (χ2v) is 5.21. The van der Waals surface area contributed by atoms with Gasteiger partial charge in [0.05, 0.1) is 19.6 Å². The van der Waals surface area contributed by atoms with Crippen molar-refractivity contribution in [2.75, 3.05) is 13.2 Å². The third-order valence-corrected chi connectivity index (χ3v) is 3.16. The molecule has 28 heavy (non-hydrogen) atoms. The number of carbonyl (C=O) groups is 1. The first kappa shape index (κ1) is 26.5. The summed E-state index contributed by atoms with van der Waals surface area (Å²) in [5.41, 5.74) is 4.80. The number of hydrogen-bond acceptors (Lipinski definition) is 4. The van der Waals surface area contributed by atoms with Crippen LogP contribution in [0, 0.1) is 0 Å². The third-order valence-electron chi connectivity index (χ3n) is 3.16. The van der Waals surface area contributed by atoms with Crippen LogP contribution in [-0.4, -0.2) is 66.1 Å². The molecule has 1 atom stereocenters. The summed E-state index contributed by atoms with van der Waals surface area (Å²) in [4.78, 5) is 10.9. The highest BCUT2D eigenvalue weighted by atomic mass is 19.4. The summed E-state index contributed by atoms with van der Waals surface area (Å²) in [6, 6.07) is -1.88. The summed E-state index contributed by atoms with van der Waals surface area (Å²) >= 11 is 0. The normalized spacial score (nSPS) is 16.1. The van der Waals surface area contributed by atoms with Crippen LogP contribution in [0.15, 0.2) is 0 Å². The summed E-state index contributed by atoms with van der Waals surface area (Å²) in [5.74, 6) is -39.2. The second kappa shape index (κ2) is 7.72. The number of carbonyl (C=O) groups excluding carboxylic acids is 1. The lowest BCUT2D eigenvalue weighted by atomic mass is 9.93. The molecule has 0 saturated heterocycles. The number of aliphatic hydroxyl groups is 1. The first-order chi connectivity index (χ1) is 12.1. The Labute approximate surface area is 146 Å². The molecule has 0 aliphatic rings. The number of rotatable bonds is 9. The molecular formula is C11H10F13NO3. The number of alkyl halides is 13. The number of ether oxygens (including phenoxy) is 1. The van der Waals surface area contributed by atoms with Crippen LogP contribution in [0.25, 0.3) is 0 Å². The standard InChI is InChI=1S/C11H10F13NO3/c12-6(13,1-2-28-5(27)4(25)3-26)7(14,15)8(16,17)9(18,19)10(20,21)11(22,23)24/h4,26H,1-3,25H2/t4-/m1/s1. The van der Waals surface area contributed by atoms with Gasteiger partial charge in [-0.15, -0.1) is 0 Å². The fourth-order valence-electron chi connectivity index (χ4n) is 1.42. The van der Waals surface area contributed by atoms with Crippen molar-refractivity contribution >= 4 is 5.97 Å². The molecule has 0 saturated carbocycles.